The first kappa shape index (κ1) is 13.5. The van der Waals surface area contributed by atoms with Gasteiger partial charge in [-0.25, -0.2) is 4.79 Å². The Labute approximate surface area is 112 Å². The highest BCUT2D eigenvalue weighted by atomic mass is 16.3. The number of aryl methyl sites for hydroxylation is 1. The van der Waals surface area contributed by atoms with E-state index in [-0.39, 0.29) is 25.0 Å². The minimum Gasteiger partial charge on any atom is -0.391 e. The Morgan fingerprint density at radius 1 is 1.26 bits per heavy atom. The quantitative estimate of drug-likeness (QED) is 0.801. The number of carbonyl (C=O) groups excluding carboxylic acids is 2. The molecule has 1 unspecified atom stereocenters. The van der Waals surface area contributed by atoms with E-state index in [4.69, 9.17) is 0 Å². The molecule has 2 rings (SSSR count). The minimum atomic E-state index is -0.681. The third-order valence-corrected chi connectivity index (χ3v) is 3.23. The second-order valence-electron chi connectivity index (χ2n) is 4.82. The van der Waals surface area contributed by atoms with Crippen molar-refractivity contribution in [1.82, 2.24) is 9.80 Å². The lowest BCUT2D eigenvalue weighted by Crippen LogP contribution is -2.38. The average Bonchev–Trinajstić information content (AvgIpc) is 2.64. The molecule has 1 aliphatic rings. The van der Waals surface area contributed by atoms with Crippen LogP contribution in [0.2, 0.25) is 0 Å². The largest absolute Gasteiger partial charge is 0.391 e. The maximum atomic E-state index is 11.6. The van der Waals surface area contributed by atoms with Gasteiger partial charge < -0.3 is 10.0 Å². The van der Waals surface area contributed by atoms with Crippen molar-refractivity contribution in [3.63, 3.8) is 0 Å². The summed E-state index contributed by atoms with van der Waals surface area (Å²) in [5.74, 6) is -0.244. The summed E-state index contributed by atoms with van der Waals surface area (Å²) in [4.78, 5) is 25.7. The van der Waals surface area contributed by atoms with Gasteiger partial charge in [-0.15, -0.1) is 0 Å². The molecule has 0 spiro atoms. The van der Waals surface area contributed by atoms with E-state index in [9.17, 15) is 14.7 Å². The molecule has 1 fully saturated rings. The van der Waals surface area contributed by atoms with Gasteiger partial charge in [0.2, 0.25) is 5.91 Å². The number of likely N-dealkylation sites (N-methyl/N-ethyl adjacent to an activating group) is 1. The number of aliphatic hydroxyl groups is 1. The Morgan fingerprint density at radius 3 is 2.53 bits per heavy atom. The molecule has 0 aromatic heterocycles. The Hall–Kier alpha value is -1.88. The second-order valence-corrected chi connectivity index (χ2v) is 4.82. The van der Waals surface area contributed by atoms with Gasteiger partial charge in [-0.1, -0.05) is 30.3 Å². The summed E-state index contributed by atoms with van der Waals surface area (Å²) < 4.78 is 0. The molecule has 0 radical (unpaired) electrons. The number of carbonyl (C=O) groups is 2. The maximum Gasteiger partial charge on any atom is 0.327 e. The van der Waals surface area contributed by atoms with E-state index in [1.54, 1.807) is 7.05 Å². The molecule has 1 aromatic rings. The molecule has 0 aliphatic carbocycles. The van der Waals surface area contributed by atoms with Crippen molar-refractivity contribution in [2.45, 2.75) is 18.9 Å². The topological polar surface area (TPSA) is 60.9 Å². The molecule has 1 atom stereocenters. The summed E-state index contributed by atoms with van der Waals surface area (Å²) in [5, 5.41) is 9.93. The molecule has 102 valence electrons. The van der Waals surface area contributed by atoms with E-state index >= 15 is 0 Å². The van der Waals surface area contributed by atoms with Crippen LogP contribution in [0.4, 0.5) is 4.79 Å². The number of nitrogens with zero attached hydrogens (tertiary/aromatic N) is 2. The van der Waals surface area contributed by atoms with Crippen LogP contribution >= 0.6 is 0 Å². The van der Waals surface area contributed by atoms with E-state index in [2.05, 4.69) is 0 Å². The van der Waals surface area contributed by atoms with Gasteiger partial charge in [0.25, 0.3) is 0 Å². The van der Waals surface area contributed by atoms with Gasteiger partial charge in [-0.2, -0.15) is 0 Å². The number of amides is 3. The standard InChI is InChI=1S/C14H18N2O3/c1-15-10-13(18)16(14(15)19)9-12(17)8-7-11-5-3-2-4-6-11/h2-6,12,17H,7-10H2,1H3. The number of rotatable bonds is 5. The lowest BCUT2D eigenvalue weighted by atomic mass is 10.1. The van der Waals surface area contributed by atoms with E-state index < -0.39 is 6.10 Å². The van der Waals surface area contributed by atoms with Crippen molar-refractivity contribution in [2.75, 3.05) is 20.1 Å². The van der Waals surface area contributed by atoms with E-state index in [0.29, 0.717) is 6.42 Å². The third kappa shape index (κ3) is 3.32. The van der Waals surface area contributed by atoms with E-state index in [0.717, 1.165) is 16.9 Å². The molecule has 5 nitrogen and oxygen atoms in total. The summed E-state index contributed by atoms with van der Waals surface area (Å²) in [7, 11) is 1.58. The number of urea groups is 1. The predicted molar refractivity (Wildman–Crippen MR) is 70.5 cm³/mol. The van der Waals surface area contributed by atoms with Crippen LogP contribution in [0.3, 0.4) is 0 Å². The summed E-state index contributed by atoms with van der Waals surface area (Å²) in [5.41, 5.74) is 1.14. The molecule has 1 saturated heterocycles. The van der Waals surface area contributed by atoms with Crippen LogP contribution in [0.15, 0.2) is 30.3 Å². The summed E-state index contributed by atoms with van der Waals surface area (Å²) in [6.45, 7) is 0.180. The zero-order chi connectivity index (χ0) is 13.8. The van der Waals surface area contributed by atoms with Crippen molar-refractivity contribution in [3.05, 3.63) is 35.9 Å². The Morgan fingerprint density at radius 2 is 1.95 bits per heavy atom. The molecule has 1 aliphatic heterocycles. The number of β-amino-alcohol motifs (C(OH)–C–C–N with tert-alkyl or cyclic N) is 1. The summed E-state index contributed by atoms with van der Waals surface area (Å²) in [6.07, 6.45) is 0.582. The molecule has 0 bridgehead atoms. The third-order valence-electron chi connectivity index (χ3n) is 3.23. The SMILES string of the molecule is CN1CC(=O)N(CC(O)CCc2ccccc2)C1=O. The van der Waals surface area contributed by atoms with E-state index in [1.807, 2.05) is 30.3 Å². The van der Waals surface area contributed by atoms with Gasteiger partial charge >= 0.3 is 6.03 Å². The fraction of sp³-hybridized carbons (Fsp3) is 0.429. The molecule has 1 heterocycles. The normalized spacial score (nSPS) is 17.2. The summed E-state index contributed by atoms with van der Waals surface area (Å²) in [6, 6.07) is 9.49. The van der Waals surface area contributed by atoms with Gasteiger partial charge in [0.15, 0.2) is 0 Å². The van der Waals surface area contributed by atoms with Crippen LogP contribution in [0.25, 0.3) is 0 Å². The smallest absolute Gasteiger partial charge is 0.327 e. The Kier molecular flexibility index (Phi) is 4.16. The van der Waals surface area contributed by atoms with Gasteiger partial charge in [0.05, 0.1) is 12.6 Å². The monoisotopic (exact) mass is 262 g/mol. The van der Waals surface area contributed by atoms with Crippen LogP contribution in [0.5, 0.6) is 0 Å². The first-order valence-corrected chi connectivity index (χ1v) is 6.35. The van der Waals surface area contributed by atoms with Crippen LogP contribution in [-0.4, -0.2) is 53.1 Å². The number of imide groups is 1. The van der Waals surface area contributed by atoms with Crippen LogP contribution < -0.4 is 0 Å². The number of aliphatic hydroxyl groups excluding tert-OH is 1. The van der Waals surface area contributed by atoms with Gasteiger partial charge in [-0.3, -0.25) is 9.69 Å². The van der Waals surface area contributed by atoms with Crippen molar-refractivity contribution in [3.8, 4) is 0 Å². The molecule has 1 aromatic carbocycles. The number of hydrogen-bond acceptors (Lipinski definition) is 3. The lowest BCUT2D eigenvalue weighted by Gasteiger charge is -2.18. The second kappa shape index (κ2) is 5.84. The van der Waals surface area contributed by atoms with Crippen molar-refractivity contribution in [2.24, 2.45) is 0 Å². The highest BCUT2D eigenvalue weighted by molar-refractivity contribution is 6.01. The molecule has 19 heavy (non-hydrogen) atoms. The first-order chi connectivity index (χ1) is 9.08. The fourth-order valence-corrected chi connectivity index (χ4v) is 2.13. The fourth-order valence-electron chi connectivity index (χ4n) is 2.13. The lowest BCUT2D eigenvalue weighted by molar-refractivity contribution is -0.126. The maximum absolute atomic E-state index is 11.6. The van der Waals surface area contributed by atoms with Gasteiger partial charge in [0, 0.05) is 7.05 Å². The predicted octanol–water partition coefficient (Wildman–Crippen LogP) is 0.874. The van der Waals surface area contributed by atoms with E-state index in [1.165, 1.54) is 4.90 Å². The first-order valence-electron chi connectivity index (χ1n) is 6.35. The van der Waals surface area contributed by atoms with Crippen LogP contribution in [0, 0.1) is 0 Å². The summed E-state index contributed by atoms with van der Waals surface area (Å²) >= 11 is 0. The van der Waals surface area contributed by atoms with Crippen molar-refractivity contribution >= 4 is 11.9 Å². The molecule has 3 amide bonds. The Bertz CT molecular complexity index is 461. The molecular formula is C14H18N2O3. The molecule has 1 N–H and O–H groups in total. The number of benzene rings is 1. The highest BCUT2D eigenvalue weighted by Crippen LogP contribution is 2.11. The van der Waals surface area contributed by atoms with Crippen LogP contribution in [0.1, 0.15) is 12.0 Å². The molecular weight excluding hydrogens is 244 g/mol. The zero-order valence-electron chi connectivity index (χ0n) is 11.0. The van der Waals surface area contributed by atoms with Gasteiger partial charge in [-0.05, 0) is 18.4 Å². The Balaban J connectivity index is 1.83. The average molecular weight is 262 g/mol. The van der Waals surface area contributed by atoms with Crippen molar-refractivity contribution < 1.29 is 14.7 Å². The van der Waals surface area contributed by atoms with Gasteiger partial charge in [0.1, 0.15) is 6.54 Å². The van der Waals surface area contributed by atoms with Crippen molar-refractivity contribution in [1.29, 1.82) is 0 Å². The highest BCUT2D eigenvalue weighted by Gasteiger charge is 2.34. The molecule has 0 saturated carbocycles. The molecule has 5 heteroatoms. The zero-order valence-corrected chi connectivity index (χ0v) is 11.0. The number of hydrogen-bond donors (Lipinski definition) is 1. The van der Waals surface area contributed by atoms with Crippen LogP contribution in [-0.2, 0) is 11.2 Å². The minimum absolute atomic E-state index is 0.0782.